The highest BCUT2D eigenvalue weighted by Crippen LogP contribution is 2.32. The number of rotatable bonds is 15. The molecule has 6 heteroatoms. The quantitative estimate of drug-likeness (QED) is 0.127. The zero-order valence-corrected chi connectivity index (χ0v) is 20.0. The highest BCUT2D eigenvalue weighted by Gasteiger charge is 2.19. The maximum atomic E-state index is 11.5. The Balaban J connectivity index is 1.90. The number of carbonyl (C=O) groups excluding carboxylic acids is 1. The Hall–Kier alpha value is -2.57. The van der Waals surface area contributed by atoms with Gasteiger partial charge in [0.05, 0.1) is 16.9 Å². The molecule has 0 radical (unpaired) electrons. The average Bonchev–Trinajstić information content (AvgIpc) is 2.77. The summed E-state index contributed by atoms with van der Waals surface area (Å²) in [6, 6.07) is 15.3. The number of unbranched alkanes of at least 4 members (excludes halogenated alkanes) is 3. The molecule has 33 heavy (non-hydrogen) atoms. The van der Waals surface area contributed by atoms with Gasteiger partial charge in [0.2, 0.25) is 0 Å². The predicted octanol–water partition coefficient (Wildman–Crippen LogP) is 6.03. The first-order valence-electron chi connectivity index (χ1n) is 11.5. The standard InChI is InChI=1S/C27H34O5S/c1-20(28)23-18-17-22(19-25(23)30)33-26(24(29)14-10-16-27(31)32)15-9-4-2-3-6-11-21-12-7-5-8-13-21/h5,7-9,12-13,15,17-19,24,26,29-30H,2-4,6,10-11,14,16H2,1H3,(H,31,32)/t24-,26+/m1/s1. The maximum Gasteiger partial charge on any atom is 0.303 e. The number of carboxylic acids is 1. The molecular formula is C27H34O5S. The molecular weight excluding hydrogens is 436 g/mol. The fourth-order valence-corrected chi connectivity index (χ4v) is 4.68. The Morgan fingerprint density at radius 3 is 2.45 bits per heavy atom. The second-order valence-corrected chi connectivity index (χ2v) is 9.44. The van der Waals surface area contributed by atoms with E-state index in [0.717, 1.165) is 37.0 Å². The fraction of sp³-hybridized carbons (Fsp3) is 0.407. The van der Waals surface area contributed by atoms with Crippen molar-refractivity contribution >= 4 is 23.5 Å². The summed E-state index contributed by atoms with van der Waals surface area (Å²) >= 11 is 1.40. The summed E-state index contributed by atoms with van der Waals surface area (Å²) in [6.45, 7) is 1.40. The minimum absolute atomic E-state index is 0.0215. The van der Waals surface area contributed by atoms with Crippen molar-refractivity contribution in [1.82, 2.24) is 0 Å². The molecule has 5 nitrogen and oxygen atoms in total. The zero-order valence-electron chi connectivity index (χ0n) is 19.2. The lowest BCUT2D eigenvalue weighted by atomic mass is 10.1. The second-order valence-electron chi connectivity index (χ2n) is 8.18. The molecule has 0 aliphatic heterocycles. The summed E-state index contributed by atoms with van der Waals surface area (Å²) in [5.41, 5.74) is 1.62. The number of carbonyl (C=O) groups is 2. The first-order valence-corrected chi connectivity index (χ1v) is 12.4. The normalized spacial score (nSPS) is 13.2. The number of aryl methyl sites for hydroxylation is 1. The van der Waals surface area contributed by atoms with Crippen molar-refractivity contribution in [3.8, 4) is 5.75 Å². The van der Waals surface area contributed by atoms with Crippen LogP contribution < -0.4 is 0 Å². The van der Waals surface area contributed by atoms with Crippen molar-refractivity contribution in [1.29, 1.82) is 0 Å². The maximum absolute atomic E-state index is 11.5. The topological polar surface area (TPSA) is 94.8 Å². The van der Waals surface area contributed by atoms with Gasteiger partial charge in [0.1, 0.15) is 5.75 Å². The van der Waals surface area contributed by atoms with Gasteiger partial charge >= 0.3 is 5.97 Å². The van der Waals surface area contributed by atoms with Crippen LogP contribution in [0.2, 0.25) is 0 Å². The molecule has 0 unspecified atom stereocenters. The number of thioether (sulfide) groups is 1. The van der Waals surface area contributed by atoms with E-state index in [1.54, 1.807) is 12.1 Å². The number of benzene rings is 2. The number of allylic oxidation sites excluding steroid dienone is 1. The fourth-order valence-electron chi connectivity index (χ4n) is 3.56. The van der Waals surface area contributed by atoms with Crippen molar-refractivity contribution in [3.05, 3.63) is 71.8 Å². The average molecular weight is 471 g/mol. The molecule has 178 valence electrons. The first-order chi connectivity index (χ1) is 15.9. The van der Waals surface area contributed by atoms with E-state index in [-0.39, 0.29) is 28.8 Å². The van der Waals surface area contributed by atoms with Crippen LogP contribution in [0, 0.1) is 0 Å². The van der Waals surface area contributed by atoms with Crippen LogP contribution in [0.5, 0.6) is 5.75 Å². The lowest BCUT2D eigenvalue weighted by Crippen LogP contribution is -2.21. The van der Waals surface area contributed by atoms with Gasteiger partial charge in [-0.15, -0.1) is 11.8 Å². The van der Waals surface area contributed by atoms with Gasteiger partial charge in [-0.1, -0.05) is 48.9 Å². The Morgan fingerprint density at radius 2 is 1.79 bits per heavy atom. The molecule has 0 saturated heterocycles. The van der Waals surface area contributed by atoms with E-state index in [1.165, 1.54) is 30.3 Å². The lowest BCUT2D eigenvalue weighted by molar-refractivity contribution is -0.137. The van der Waals surface area contributed by atoms with Crippen LogP contribution in [-0.4, -0.2) is 38.4 Å². The van der Waals surface area contributed by atoms with E-state index in [0.29, 0.717) is 12.8 Å². The van der Waals surface area contributed by atoms with Gasteiger partial charge in [-0.25, -0.2) is 0 Å². The van der Waals surface area contributed by atoms with Gasteiger partial charge in [-0.2, -0.15) is 0 Å². The molecule has 0 saturated carbocycles. The highest BCUT2D eigenvalue weighted by molar-refractivity contribution is 8.00. The number of Topliss-reactive ketones (excluding diaryl/α,β-unsaturated/α-hetero) is 1. The molecule has 0 bridgehead atoms. The molecule has 0 heterocycles. The van der Waals surface area contributed by atoms with Gasteiger partial charge in [0.15, 0.2) is 5.78 Å². The third-order valence-electron chi connectivity index (χ3n) is 5.40. The second kappa shape index (κ2) is 14.6. The van der Waals surface area contributed by atoms with Crippen molar-refractivity contribution < 1.29 is 24.9 Å². The smallest absolute Gasteiger partial charge is 0.303 e. The molecule has 0 aliphatic rings. The minimum atomic E-state index is -0.873. The molecule has 2 rings (SSSR count). The van der Waals surface area contributed by atoms with Crippen LogP contribution in [0.25, 0.3) is 0 Å². The summed E-state index contributed by atoms with van der Waals surface area (Å²) in [5, 5.41) is 29.4. The van der Waals surface area contributed by atoms with Crippen LogP contribution in [0.1, 0.15) is 67.8 Å². The van der Waals surface area contributed by atoms with E-state index in [1.807, 2.05) is 12.1 Å². The van der Waals surface area contributed by atoms with Crippen LogP contribution in [0.3, 0.4) is 0 Å². The molecule has 2 atom stereocenters. The van der Waals surface area contributed by atoms with Gasteiger partial charge in [0.25, 0.3) is 0 Å². The van der Waals surface area contributed by atoms with E-state index >= 15 is 0 Å². The van der Waals surface area contributed by atoms with Crippen LogP contribution in [-0.2, 0) is 11.2 Å². The van der Waals surface area contributed by atoms with Gasteiger partial charge in [0, 0.05) is 11.3 Å². The van der Waals surface area contributed by atoms with Crippen LogP contribution in [0.4, 0.5) is 0 Å². The number of hydrogen-bond acceptors (Lipinski definition) is 5. The van der Waals surface area contributed by atoms with Crippen molar-refractivity contribution in [3.63, 3.8) is 0 Å². The Morgan fingerprint density at radius 1 is 1.03 bits per heavy atom. The molecule has 0 aromatic heterocycles. The minimum Gasteiger partial charge on any atom is -0.507 e. The highest BCUT2D eigenvalue weighted by atomic mass is 32.2. The van der Waals surface area contributed by atoms with Crippen molar-refractivity contribution in [2.45, 2.75) is 74.5 Å². The number of aliphatic carboxylic acids is 1. The van der Waals surface area contributed by atoms with Crippen molar-refractivity contribution in [2.24, 2.45) is 0 Å². The number of aliphatic hydroxyl groups excluding tert-OH is 1. The van der Waals surface area contributed by atoms with Gasteiger partial charge < -0.3 is 15.3 Å². The number of aliphatic hydroxyl groups is 1. The summed E-state index contributed by atoms with van der Waals surface area (Å²) in [4.78, 5) is 23.1. The van der Waals surface area contributed by atoms with Gasteiger partial charge in [-0.3, -0.25) is 9.59 Å². The Labute approximate surface area is 200 Å². The summed E-state index contributed by atoms with van der Waals surface area (Å²) in [5.74, 6) is -1.15. The van der Waals surface area contributed by atoms with E-state index in [2.05, 4.69) is 30.3 Å². The molecule has 2 aromatic rings. The summed E-state index contributed by atoms with van der Waals surface area (Å²) in [7, 11) is 0. The Kier molecular flexibility index (Phi) is 11.8. The van der Waals surface area contributed by atoms with Crippen LogP contribution in [0.15, 0.2) is 65.6 Å². The van der Waals surface area contributed by atoms with E-state index in [9.17, 15) is 19.8 Å². The summed E-state index contributed by atoms with van der Waals surface area (Å²) < 4.78 is 0. The number of phenols is 1. The van der Waals surface area contributed by atoms with E-state index in [4.69, 9.17) is 5.11 Å². The number of phenolic OH excluding ortho intramolecular Hbond substituents is 1. The lowest BCUT2D eigenvalue weighted by Gasteiger charge is -2.20. The predicted molar refractivity (Wildman–Crippen MR) is 133 cm³/mol. The number of ketones is 1. The monoisotopic (exact) mass is 470 g/mol. The van der Waals surface area contributed by atoms with E-state index < -0.39 is 12.1 Å². The molecule has 0 amide bonds. The summed E-state index contributed by atoms with van der Waals surface area (Å²) in [6.07, 6.45) is 9.43. The largest absolute Gasteiger partial charge is 0.507 e. The van der Waals surface area contributed by atoms with Crippen molar-refractivity contribution in [2.75, 3.05) is 0 Å². The third-order valence-corrected chi connectivity index (χ3v) is 6.66. The third kappa shape index (κ3) is 10.3. The molecule has 0 aliphatic carbocycles. The molecule has 3 N–H and O–H groups in total. The van der Waals surface area contributed by atoms with Crippen LogP contribution >= 0.6 is 11.8 Å². The SMILES string of the molecule is CC(=O)c1ccc(S[C@@H](C=CCCCCCc2ccccc2)[C@H](O)CCCC(=O)O)cc1O. The molecule has 0 spiro atoms. The molecule has 2 aromatic carbocycles. The number of carboxylic acid groups (broad SMARTS) is 1. The number of hydrogen-bond donors (Lipinski definition) is 3. The molecule has 0 fully saturated rings. The zero-order chi connectivity index (χ0) is 24.1. The number of aromatic hydroxyl groups is 1. The Bertz CT molecular complexity index is 910. The van der Waals surface area contributed by atoms with Gasteiger partial charge in [-0.05, 0) is 69.2 Å². The first kappa shape index (κ1) is 26.7.